The van der Waals surface area contributed by atoms with Crippen molar-refractivity contribution < 1.29 is 37.5 Å². The molecule has 4 N–H and O–H groups in total. The van der Waals surface area contributed by atoms with E-state index in [-0.39, 0.29) is 49.4 Å². The number of carbonyl (C=O) groups is 5. The van der Waals surface area contributed by atoms with Crippen LogP contribution >= 0.6 is 0 Å². The van der Waals surface area contributed by atoms with E-state index >= 15 is 0 Å². The number of aliphatic imine (C=N–C) groups is 1. The number of Topliss-reactive ketones (excluding diaryl/α,β-unsaturated/α-hetero) is 1. The lowest BCUT2D eigenvalue weighted by Crippen LogP contribution is -2.64. The molecule has 3 aliphatic rings. The van der Waals surface area contributed by atoms with Gasteiger partial charge in [0.25, 0.3) is 17.7 Å². The topological polar surface area (TPSA) is 248 Å². The first kappa shape index (κ1) is 37.4. The number of nitrogens with two attached hydrogens (primary N) is 1. The molecular formula is C34H42N8O8S. The average Bonchev–Trinajstić information content (AvgIpc) is 3.77. The molecule has 2 atom stereocenters. The van der Waals surface area contributed by atoms with Gasteiger partial charge in [0.2, 0.25) is 11.7 Å². The van der Waals surface area contributed by atoms with Crippen molar-refractivity contribution in [3.8, 4) is 6.07 Å². The Morgan fingerprint density at radius 1 is 1.10 bits per heavy atom. The number of carbonyl (C=O) groups excluding carboxylic acids is 5. The molecule has 1 aromatic carbocycles. The molecule has 3 heterocycles. The summed E-state index contributed by atoms with van der Waals surface area (Å²) in [5, 5.41) is 30.7. The second kappa shape index (κ2) is 14.8. The zero-order valence-electron chi connectivity index (χ0n) is 28.6. The smallest absolute Gasteiger partial charge is 0.287 e. The molecule has 4 amide bonds. The Labute approximate surface area is 295 Å². The number of ketones is 1. The Kier molecular flexibility index (Phi) is 10.9. The van der Waals surface area contributed by atoms with E-state index in [0.717, 1.165) is 32.1 Å². The van der Waals surface area contributed by atoms with E-state index in [1.807, 2.05) is 6.07 Å². The van der Waals surface area contributed by atoms with Crippen LogP contribution in [-0.2, 0) is 34.6 Å². The summed E-state index contributed by atoms with van der Waals surface area (Å²) >= 11 is 0. The van der Waals surface area contributed by atoms with Crippen LogP contribution in [0.5, 0.6) is 0 Å². The molecule has 1 aliphatic carbocycles. The van der Waals surface area contributed by atoms with Crippen molar-refractivity contribution >= 4 is 45.0 Å². The summed E-state index contributed by atoms with van der Waals surface area (Å²) < 4.78 is 26.0. The molecule has 1 aromatic heterocycles. The van der Waals surface area contributed by atoms with Crippen molar-refractivity contribution in [2.75, 3.05) is 18.1 Å². The molecule has 2 saturated heterocycles. The van der Waals surface area contributed by atoms with Crippen LogP contribution in [0, 0.1) is 17.2 Å². The maximum atomic E-state index is 14.6. The van der Waals surface area contributed by atoms with E-state index in [1.165, 1.54) is 53.9 Å². The number of aliphatic hydroxyl groups is 1. The monoisotopic (exact) mass is 722 g/mol. The highest BCUT2D eigenvalue weighted by atomic mass is 32.2. The summed E-state index contributed by atoms with van der Waals surface area (Å²) in [6, 6.07) is 5.81. The number of primary amides is 1. The fourth-order valence-corrected chi connectivity index (χ4v) is 8.67. The van der Waals surface area contributed by atoms with Crippen molar-refractivity contribution in [3.63, 3.8) is 0 Å². The Hall–Kier alpha value is -4.82. The van der Waals surface area contributed by atoms with Gasteiger partial charge in [-0.25, -0.2) is 18.1 Å². The fraction of sp³-hybridized carbons (Fsp3) is 0.559. The first-order valence-corrected chi connectivity index (χ1v) is 18.8. The molecule has 2 aromatic rings. The third-order valence-electron chi connectivity index (χ3n) is 10.0. The van der Waals surface area contributed by atoms with Crippen molar-refractivity contribution in [1.29, 1.82) is 5.26 Å². The third-order valence-corrected chi connectivity index (χ3v) is 11.7. The second-order valence-corrected chi connectivity index (χ2v) is 16.5. The van der Waals surface area contributed by atoms with Crippen molar-refractivity contribution in [2.24, 2.45) is 16.6 Å². The Morgan fingerprint density at radius 2 is 1.75 bits per heavy atom. The quantitative estimate of drug-likeness (QED) is 0.229. The van der Waals surface area contributed by atoms with E-state index in [0.29, 0.717) is 11.3 Å². The first-order valence-electron chi connectivity index (χ1n) is 17.0. The summed E-state index contributed by atoms with van der Waals surface area (Å²) in [5.41, 5.74) is 2.79. The van der Waals surface area contributed by atoms with Gasteiger partial charge in [0.15, 0.2) is 9.84 Å². The van der Waals surface area contributed by atoms with Gasteiger partial charge < -0.3 is 21.1 Å². The van der Waals surface area contributed by atoms with Crippen molar-refractivity contribution in [1.82, 2.24) is 25.2 Å². The van der Waals surface area contributed by atoms with Crippen LogP contribution in [0.2, 0.25) is 0 Å². The van der Waals surface area contributed by atoms with E-state index in [2.05, 4.69) is 20.6 Å². The van der Waals surface area contributed by atoms with E-state index in [1.54, 1.807) is 0 Å². The molecule has 16 nitrogen and oxygen atoms in total. The summed E-state index contributed by atoms with van der Waals surface area (Å²) in [6.07, 6.45) is 5.28. The van der Waals surface area contributed by atoms with E-state index in [9.17, 15) is 42.8 Å². The zero-order chi connectivity index (χ0) is 37.1. The molecule has 0 radical (unpaired) electrons. The van der Waals surface area contributed by atoms with Gasteiger partial charge in [-0.05, 0) is 63.3 Å². The number of nitrogens with zero attached hydrogens (tertiary/aromatic N) is 6. The van der Waals surface area contributed by atoms with Crippen LogP contribution < -0.4 is 11.1 Å². The van der Waals surface area contributed by atoms with Crippen LogP contribution in [0.25, 0.3) is 0 Å². The minimum atomic E-state index is -3.54. The SMILES string of the molecule is CC(C)(O)c1cnnn1[C@H]1C[C@@H](C(=O)NC2(C(=O)C(N)=O)CCS(=O)(=O)CC2)N(C(=O)C(CC2CCCCC2)=NC(=O)c2ccc(C#N)cc2)C1. The standard InChI is InChI=1S/C34H42N8O8S/c1-33(2,48)27-19-37-40-42(27)24-17-26(31(46)39-34(28(43)29(36)44)12-14-51(49,50)15-13-34)41(20-24)32(47)25(16-21-6-4-3-5-7-21)38-30(45)23-10-8-22(18-35)9-11-23/h8-11,19,21,24,26,48H,3-7,12-17,20H2,1-2H3,(H2,36,44)(H,39,46)/t24-,26-/m0/s1. The van der Waals surface area contributed by atoms with Gasteiger partial charge in [0, 0.05) is 18.5 Å². The van der Waals surface area contributed by atoms with Crippen LogP contribution in [0.1, 0.15) is 99.3 Å². The molecule has 0 spiro atoms. The van der Waals surface area contributed by atoms with Gasteiger partial charge in [-0.2, -0.15) is 5.26 Å². The number of aromatic nitrogens is 3. The minimum Gasteiger partial charge on any atom is -0.384 e. The minimum absolute atomic E-state index is 0.0543. The fourth-order valence-electron chi connectivity index (χ4n) is 7.15. The average molecular weight is 723 g/mol. The number of benzene rings is 1. The van der Waals surface area contributed by atoms with Crippen LogP contribution in [0.15, 0.2) is 35.5 Å². The lowest BCUT2D eigenvalue weighted by atomic mass is 9.85. The molecule has 51 heavy (non-hydrogen) atoms. The molecule has 1 saturated carbocycles. The maximum Gasteiger partial charge on any atom is 0.287 e. The second-order valence-electron chi connectivity index (χ2n) is 14.2. The van der Waals surface area contributed by atoms with E-state index < -0.39 is 74.0 Å². The van der Waals surface area contributed by atoms with Gasteiger partial charge in [0.05, 0.1) is 41.1 Å². The van der Waals surface area contributed by atoms with Gasteiger partial charge in [-0.3, -0.25) is 24.0 Å². The van der Waals surface area contributed by atoms with Gasteiger partial charge in [-0.1, -0.05) is 37.3 Å². The van der Waals surface area contributed by atoms with Crippen molar-refractivity contribution in [3.05, 3.63) is 47.3 Å². The Morgan fingerprint density at radius 3 is 2.33 bits per heavy atom. The zero-order valence-corrected chi connectivity index (χ0v) is 29.4. The summed E-state index contributed by atoms with van der Waals surface area (Å²) in [5.74, 6) is -5.60. The highest BCUT2D eigenvalue weighted by molar-refractivity contribution is 7.91. The third kappa shape index (κ3) is 8.39. The highest BCUT2D eigenvalue weighted by Crippen LogP contribution is 2.34. The molecule has 3 fully saturated rings. The largest absolute Gasteiger partial charge is 0.384 e. The Bertz CT molecular complexity index is 1870. The predicted molar refractivity (Wildman–Crippen MR) is 181 cm³/mol. The van der Waals surface area contributed by atoms with Crippen LogP contribution in [0.3, 0.4) is 0 Å². The molecule has 2 aliphatic heterocycles. The summed E-state index contributed by atoms with van der Waals surface area (Å²) in [7, 11) is -3.54. The molecule has 0 unspecified atom stereocenters. The number of sulfone groups is 1. The number of nitrogens with one attached hydrogen (secondary N) is 1. The normalized spacial score (nSPS) is 22.2. The molecular weight excluding hydrogens is 680 g/mol. The van der Waals surface area contributed by atoms with Gasteiger partial charge in [-0.15, -0.1) is 5.10 Å². The Balaban J connectivity index is 1.53. The first-order chi connectivity index (χ1) is 24.0. The number of hydrogen-bond donors (Lipinski definition) is 3. The number of likely N-dealkylation sites (tertiary alicyclic amines) is 1. The maximum absolute atomic E-state index is 14.6. The molecule has 5 rings (SSSR count). The van der Waals surface area contributed by atoms with Crippen LogP contribution in [-0.4, -0.2) is 98.2 Å². The predicted octanol–water partition coefficient (Wildman–Crippen LogP) is 0.889. The number of nitriles is 1. The van der Waals surface area contributed by atoms with Gasteiger partial charge in [0.1, 0.15) is 22.9 Å². The van der Waals surface area contributed by atoms with Crippen LogP contribution in [0.4, 0.5) is 0 Å². The van der Waals surface area contributed by atoms with E-state index in [4.69, 9.17) is 5.73 Å². The summed E-state index contributed by atoms with van der Waals surface area (Å²) in [4.78, 5) is 73.1. The van der Waals surface area contributed by atoms with Crippen molar-refractivity contribution in [2.45, 2.75) is 94.9 Å². The number of rotatable bonds is 10. The van der Waals surface area contributed by atoms with Gasteiger partial charge >= 0.3 is 0 Å². The molecule has 0 bridgehead atoms. The highest BCUT2D eigenvalue weighted by Gasteiger charge is 2.50. The molecule has 272 valence electrons. The number of hydrogen-bond acceptors (Lipinski definition) is 11. The lowest BCUT2D eigenvalue weighted by Gasteiger charge is -2.37. The molecule has 17 heteroatoms. The lowest BCUT2D eigenvalue weighted by molar-refractivity contribution is -0.143. The summed E-state index contributed by atoms with van der Waals surface area (Å²) in [6.45, 7) is 2.94. The number of amides is 4.